The molecule has 0 aliphatic carbocycles. The van der Waals surface area contributed by atoms with Crippen LogP contribution in [0.5, 0.6) is 0 Å². The number of rotatable bonds is 6. The summed E-state index contributed by atoms with van der Waals surface area (Å²) >= 11 is 0. The molecule has 2 aromatic carbocycles. The van der Waals surface area contributed by atoms with Gasteiger partial charge in [0.05, 0.1) is 10.5 Å². The molecule has 156 valence electrons. The lowest BCUT2D eigenvalue weighted by atomic mass is 9.86. The highest BCUT2D eigenvalue weighted by Gasteiger charge is 2.22. The second-order valence-electron chi connectivity index (χ2n) is 8.05. The maximum absolute atomic E-state index is 12.6. The van der Waals surface area contributed by atoms with E-state index in [0.29, 0.717) is 5.56 Å². The average molecular weight is 418 g/mol. The Morgan fingerprint density at radius 3 is 1.83 bits per heavy atom. The van der Waals surface area contributed by atoms with Crippen LogP contribution in [0.15, 0.2) is 53.4 Å². The van der Waals surface area contributed by atoms with Crippen molar-refractivity contribution in [3.63, 3.8) is 0 Å². The highest BCUT2D eigenvalue weighted by atomic mass is 32.2. The summed E-state index contributed by atoms with van der Waals surface area (Å²) < 4.78 is 30.5. The molecule has 0 heterocycles. The number of carbonyl (C=O) groups excluding carboxylic acids is 2. The first-order valence-corrected chi connectivity index (χ1v) is 10.7. The average Bonchev–Trinajstić information content (AvgIpc) is 2.66. The van der Waals surface area contributed by atoms with E-state index in [1.165, 1.54) is 45.3 Å². The van der Waals surface area contributed by atoms with E-state index in [4.69, 9.17) is 4.74 Å². The Morgan fingerprint density at radius 1 is 0.897 bits per heavy atom. The molecule has 0 aromatic heterocycles. The number of hydrogen-bond donors (Lipinski definition) is 0. The number of ketones is 1. The number of hydrogen-bond acceptors (Lipinski definition) is 5. The third kappa shape index (κ3) is 5.31. The fraction of sp³-hybridized carbons (Fsp3) is 0.364. The molecule has 0 radical (unpaired) electrons. The van der Waals surface area contributed by atoms with Gasteiger partial charge < -0.3 is 4.74 Å². The van der Waals surface area contributed by atoms with Crippen LogP contribution in [-0.4, -0.2) is 44.7 Å². The number of ether oxygens (including phenoxy) is 1. The molecule has 29 heavy (non-hydrogen) atoms. The summed E-state index contributed by atoms with van der Waals surface area (Å²) in [5.74, 6) is -0.989. The van der Waals surface area contributed by atoms with E-state index in [-0.39, 0.29) is 21.7 Å². The van der Waals surface area contributed by atoms with Gasteiger partial charge in [-0.25, -0.2) is 17.5 Å². The molecule has 0 aliphatic heterocycles. The normalized spacial score (nSPS) is 13.2. The fourth-order valence-corrected chi connectivity index (χ4v) is 3.53. The lowest BCUT2D eigenvalue weighted by molar-refractivity contribution is 0.0318. The predicted octanol–water partition coefficient (Wildman–Crippen LogP) is 3.66. The van der Waals surface area contributed by atoms with Gasteiger partial charge in [-0.05, 0) is 42.2 Å². The van der Waals surface area contributed by atoms with Crippen molar-refractivity contribution in [2.45, 2.75) is 44.1 Å². The first-order valence-electron chi connectivity index (χ1n) is 9.22. The molecule has 0 saturated heterocycles. The zero-order valence-corrected chi connectivity index (χ0v) is 18.4. The van der Waals surface area contributed by atoms with Crippen LogP contribution in [0, 0.1) is 0 Å². The van der Waals surface area contributed by atoms with E-state index >= 15 is 0 Å². The Balaban J connectivity index is 2.09. The Bertz CT molecular complexity index is 985. The van der Waals surface area contributed by atoms with Crippen molar-refractivity contribution in [2.24, 2.45) is 0 Å². The van der Waals surface area contributed by atoms with Crippen LogP contribution in [0.25, 0.3) is 0 Å². The molecule has 1 atom stereocenters. The van der Waals surface area contributed by atoms with Crippen LogP contribution in [0.1, 0.15) is 54.0 Å². The van der Waals surface area contributed by atoms with Crippen LogP contribution < -0.4 is 0 Å². The van der Waals surface area contributed by atoms with Crippen LogP contribution >= 0.6 is 0 Å². The van der Waals surface area contributed by atoms with Gasteiger partial charge in [0, 0.05) is 19.7 Å². The minimum atomic E-state index is -3.58. The summed E-state index contributed by atoms with van der Waals surface area (Å²) in [5.41, 5.74) is 1.72. The van der Waals surface area contributed by atoms with Crippen molar-refractivity contribution < 1.29 is 22.7 Å². The van der Waals surface area contributed by atoms with Crippen molar-refractivity contribution in [1.29, 1.82) is 0 Å². The number of Topliss-reactive ketones (excluding diaryl/α,β-unsaturated/α-hetero) is 1. The Morgan fingerprint density at radius 2 is 1.38 bits per heavy atom. The maximum Gasteiger partial charge on any atom is 0.338 e. The lowest BCUT2D eigenvalue weighted by Gasteiger charge is -2.19. The smallest absolute Gasteiger partial charge is 0.338 e. The summed E-state index contributed by atoms with van der Waals surface area (Å²) in [6.45, 7) is 7.78. The van der Waals surface area contributed by atoms with Gasteiger partial charge in [0.1, 0.15) is 0 Å². The van der Waals surface area contributed by atoms with Gasteiger partial charge in [0.25, 0.3) is 0 Å². The number of carbonyl (C=O) groups is 2. The number of nitrogens with zero attached hydrogens (tertiary/aromatic N) is 1. The molecule has 0 unspecified atom stereocenters. The molecule has 6 nitrogen and oxygen atoms in total. The quantitative estimate of drug-likeness (QED) is 0.529. The first kappa shape index (κ1) is 22.8. The van der Waals surface area contributed by atoms with Crippen LogP contribution in [0.4, 0.5) is 0 Å². The van der Waals surface area contributed by atoms with Gasteiger partial charge in [-0.15, -0.1) is 0 Å². The number of benzene rings is 2. The summed E-state index contributed by atoms with van der Waals surface area (Å²) in [5, 5.41) is 0. The summed E-state index contributed by atoms with van der Waals surface area (Å²) in [4.78, 5) is 25.0. The van der Waals surface area contributed by atoms with Crippen molar-refractivity contribution in [1.82, 2.24) is 4.31 Å². The van der Waals surface area contributed by atoms with E-state index < -0.39 is 22.1 Å². The van der Waals surface area contributed by atoms with E-state index in [2.05, 4.69) is 20.8 Å². The van der Waals surface area contributed by atoms with Crippen molar-refractivity contribution in [3.05, 3.63) is 65.2 Å². The molecule has 0 spiro atoms. The fourth-order valence-electron chi connectivity index (χ4n) is 2.63. The second-order valence-corrected chi connectivity index (χ2v) is 10.2. The van der Waals surface area contributed by atoms with Gasteiger partial charge in [0.2, 0.25) is 15.8 Å². The Labute approximate surface area is 172 Å². The molecule has 2 aromatic rings. The van der Waals surface area contributed by atoms with Gasteiger partial charge in [-0.1, -0.05) is 45.0 Å². The van der Waals surface area contributed by atoms with Crippen LogP contribution in [0.3, 0.4) is 0 Å². The molecule has 0 amide bonds. The van der Waals surface area contributed by atoms with Gasteiger partial charge in [0.15, 0.2) is 6.10 Å². The SMILES string of the molecule is C[C@@H](OC(=O)c1ccc(S(=O)(=O)N(C)C)cc1)C(=O)c1ccc(C(C)(C)C)cc1. The molecular formula is C22H27NO5S. The first-order chi connectivity index (χ1) is 13.3. The molecular weight excluding hydrogens is 390 g/mol. The van der Waals surface area contributed by atoms with Gasteiger partial charge >= 0.3 is 5.97 Å². The third-order valence-corrected chi connectivity index (χ3v) is 6.39. The standard InChI is InChI=1S/C22H27NO5S/c1-15(20(24)16-7-11-18(12-8-16)22(2,3)4)28-21(25)17-9-13-19(14-10-17)29(26,27)23(5)6/h7-15H,1-6H3/t15-/m1/s1. The Kier molecular flexibility index (Phi) is 6.65. The van der Waals surface area contributed by atoms with E-state index in [1.807, 2.05) is 12.1 Å². The zero-order valence-electron chi connectivity index (χ0n) is 17.6. The predicted molar refractivity (Wildman–Crippen MR) is 112 cm³/mol. The summed E-state index contributed by atoms with van der Waals surface area (Å²) in [6.07, 6.45) is -0.965. The molecule has 0 bridgehead atoms. The highest BCUT2D eigenvalue weighted by molar-refractivity contribution is 7.89. The molecule has 0 aliphatic rings. The largest absolute Gasteiger partial charge is 0.451 e. The van der Waals surface area contributed by atoms with E-state index in [0.717, 1.165) is 9.87 Å². The van der Waals surface area contributed by atoms with Crippen LogP contribution in [0.2, 0.25) is 0 Å². The number of sulfonamides is 1. The topological polar surface area (TPSA) is 80.8 Å². The van der Waals surface area contributed by atoms with Crippen molar-refractivity contribution in [3.8, 4) is 0 Å². The molecule has 0 saturated carbocycles. The minimum Gasteiger partial charge on any atom is -0.451 e. The Hall–Kier alpha value is -2.51. The van der Waals surface area contributed by atoms with Gasteiger partial charge in [-0.2, -0.15) is 0 Å². The van der Waals surface area contributed by atoms with E-state index in [9.17, 15) is 18.0 Å². The maximum atomic E-state index is 12.6. The molecule has 0 fully saturated rings. The van der Waals surface area contributed by atoms with Crippen molar-refractivity contribution in [2.75, 3.05) is 14.1 Å². The minimum absolute atomic E-state index is 0.0219. The van der Waals surface area contributed by atoms with Crippen molar-refractivity contribution >= 4 is 21.8 Å². The zero-order chi connectivity index (χ0) is 22.0. The monoisotopic (exact) mass is 417 g/mol. The third-order valence-electron chi connectivity index (χ3n) is 4.56. The second kappa shape index (κ2) is 8.47. The summed E-state index contributed by atoms with van der Waals surface area (Å²) in [6, 6.07) is 12.7. The molecule has 2 rings (SSSR count). The number of esters is 1. The van der Waals surface area contributed by atoms with Gasteiger partial charge in [-0.3, -0.25) is 4.79 Å². The van der Waals surface area contributed by atoms with E-state index in [1.54, 1.807) is 12.1 Å². The lowest BCUT2D eigenvalue weighted by Crippen LogP contribution is -2.25. The molecule has 0 N–H and O–H groups in total. The summed E-state index contributed by atoms with van der Waals surface area (Å²) in [7, 11) is -0.720. The highest BCUT2D eigenvalue weighted by Crippen LogP contribution is 2.23. The van der Waals surface area contributed by atoms with Crippen LogP contribution in [-0.2, 0) is 20.2 Å². The molecule has 7 heteroatoms.